The van der Waals surface area contributed by atoms with Crippen LogP contribution >= 0.6 is 8.45 Å². The minimum absolute atomic E-state index is 0.357. The van der Waals surface area contributed by atoms with E-state index in [-0.39, 0.29) is 0 Å². The standard InChI is InChI=1S/C11H22N5O3P/c12-2-1-7-19-20(13)16(14-3-8-17-9-4-14)15-5-10-18-11-6-15/h1,3-11,13H2. The van der Waals surface area contributed by atoms with Gasteiger partial charge in [-0.1, -0.05) is 0 Å². The molecule has 2 saturated heterocycles. The van der Waals surface area contributed by atoms with Gasteiger partial charge in [-0.05, 0) is 0 Å². The molecular weight excluding hydrogens is 281 g/mol. The molecule has 9 heteroatoms. The normalized spacial score (nSPS) is 23.6. The molecule has 0 spiro atoms. The number of hydrogen-bond donors (Lipinski definition) is 1. The molecule has 0 aromatic heterocycles. The Kier molecular flexibility index (Phi) is 7.07. The largest absolute Gasteiger partial charge is 0.379 e. The van der Waals surface area contributed by atoms with Gasteiger partial charge in [0, 0.05) is 26.2 Å². The van der Waals surface area contributed by atoms with E-state index in [1.807, 2.05) is 4.89 Å². The molecule has 0 aliphatic carbocycles. The highest BCUT2D eigenvalue weighted by Crippen LogP contribution is 2.36. The van der Waals surface area contributed by atoms with E-state index in [4.69, 9.17) is 24.8 Å². The Morgan fingerprint density at radius 1 is 1.10 bits per heavy atom. The van der Waals surface area contributed by atoms with Crippen molar-refractivity contribution in [2.24, 2.45) is 5.50 Å². The molecule has 0 aromatic rings. The van der Waals surface area contributed by atoms with Crippen molar-refractivity contribution in [3.8, 4) is 6.07 Å². The molecule has 0 radical (unpaired) electrons. The molecule has 0 bridgehead atoms. The summed E-state index contributed by atoms with van der Waals surface area (Å²) < 4.78 is 16.4. The van der Waals surface area contributed by atoms with Crippen LogP contribution in [0.1, 0.15) is 6.42 Å². The van der Waals surface area contributed by atoms with Gasteiger partial charge in [0.15, 0.2) is 0 Å². The maximum absolute atomic E-state index is 8.58. The van der Waals surface area contributed by atoms with Crippen LogP contribution < -0.4 is 5.50 Å². The van der Waals surface area contributed by atoms with E-state index in [1.54, 1.807) is 0 Å². The zero-order valence-corrected chi connectivity index (χ0v) is 12.5. The van der Waals surface area contributed by atoms with Crippen LogP contribution in [0, 0.1) is 11.3 Å². The second kappa shape index (κ2) is 8.82. The van der Waals surface area contributed by atoms with Gasteiger partial charge >= 0.3 is 0 Å². The Morgan fingerprint density at radius 3 is 2.05 bits per heavy atom. The Hall–Kier alpha value is -0.360. The molecule has 0 amide bonds. The molecule has 114 valence electrons. The minimum Gasteiger partial charge on any atom is -0.379 e. The topological polar surface area (TPSA) is 87.2 Å². The van der Waals surface area contributed by atoms with Crippen LogP contribution in [-0.2, 0) is 14.0 Å². The van der Waals surface area contributed by atoms with Gasteiger partial charge in [0.05, 0.1) is 45.5 Å². The van der Waals surface area contributed by atoms with E-state index in [0.29, 0.717) is 39.5 Å². The summed E-state index contributed by atoms with van der Waals surface area (Å²) in [5.41, 5.74) is 6.21. The maximum Gasteiger partial charge on any atom is 0.212 e. The van der Waals surface area contributed by atoms with Crippen molar-refractivity contribution in [1.29, 1.82) is 5.26 Å². The average Bonchev–Trinajstić information content (AvgIpc) is 2.50. The molecule has 0 saturated carbocycles. The van der Waals surface area contributed by atoms with Crippen LogP contribution in [0.2, 0.25) is 0 Å². The molecule has 2 heterocycles. The summed E-state index contributed by atoms with van der Waals surface area (Å²) in [4.78, 5) is 2.03. The zero-order valence-electron chi connectivity index (χ0n) is 11.6. The minimum atomic E-state index is -1.28. The van der Waals surface area contributed by atoms with Crippen LogP contribution in [0.4, 0.5) is 0 Å². The molecule has 2 aliphatic heterocycles. The van der Waals surface area contributed by atoms with Gasteiger partial charge in [0.2, 0.25) is 8.45 Å². The fourth-order valence-electron chi connectivity index (χ4n) is 2.13. The third-order valence-corrected chi connectivity index (χ3v) is 4.40. The summed E-state index contributed by atoms with van der Waals surface area (Å²) in [6.07, 6.45) is 0.357. The van der Waals surface area contributed by atoms with Crippen LogP contribution in [0.3, 0.4) is 0 Å². The lowest BCUT2D eigenvalue weighted by Crippen LogP contribution is -2.57. The third kappa shape index (κ3) is 4.58. The summed E-state index contributed by atoms with van der Waals surface area (Å²) in [5, 5.41) is 12.9. The highest BCUT2D eigenvalue weighted by molar-refractivity contribution is 7.47. The van der Waals surface area contributed by atoms with Gasteiger partial charge in [-0.15, -0.1) is 4.89 Å². The second-order valence-corrected chi connectivity index (χ2v) is 5.67. The van der Waals surface area contributed by atoms with Crippen molar-refractivity contribution in [3.05, 3.63) is 0 Å². The molecule has 2 N–H and O–H groups in total. The molecule has 0 aromatic carbocycles. The number of morpholine rings is 2. The monoisotopic (exact) mass is 303 g/mol. The summed E-state index contributed by atoms with van der Waals surface area (Å²) >= 11 is 0. The van der Waals surface area contributed by atoms with Gasteiger partial charge < -0.3 is 14.0 Å². The summed E-state index contributed by atoms with van der Waals surface area (Å²) in [7, 11) is -1.28. The third-order valence-electron chi connectivity index (χ3n) is 3.09. The van der Waals surface area contributed by atoms with Crippen LogP contribution in [0.15, 0.2) is 0 Å². The number of nitrogens with zero attached hydrogens (tertiary/aromatic N) is 4. The van der Waals surface area contributed by atoms with Crippen molar-refractivity contribution in [3.63, 3.8) is 0 Å². The van der Waals surface area contributed by atoms with Crippen LogP contribution in [0.5, 0.6) is 0 Å². The molecule has 2 rings (SSSR count). The van der Waals surface area contributed by atoms with E-state index >= 15 is 0 Å². The van der Waals surface area contributed by atoms with E-state index in [9.17, 15) is 0 Å². The fourth-order valence-corrected chi connectivity index (χ4v) is 3.37. The zero-order chi connectivity index (χ0) is 14.2. The number of nitrogens with two attached hydrogens (primary N) is 1. The van der Waals surface area contributed by atoms with Crippen molar-refractivity contribution in [1.82, 2.24) is 14.9 Å². The van der Waals surface area contributed by atoms with Crippen molar-refractivity contribution in [2.75, 3.05) is 59.2 Å². The first-order valence-corrected chi connectivity index (χ1v) is 8.11. The number of rotatable bonds is 6. The first kappa shape index (κ1) is 16.0. The smallest absolute Gasteiger partial charge is 0.212 e. The van der Waals surface area contributed by atoms with Crippen molar-refractivity contribution >= 4 is 8.45 Å². The second-order valence-electron chi connectivity index (χ2n) is 4.44. The molecule has 8 nitrogen and oxygen atoms in total. The lowest BCUT2D eigenvalue weighted by molar-refractivity contribution is -0.171. The molecule has 1 unspecified atom stereocenters. The highest BCUT2D eigenvalue weighted by atomic mass is 31.2. The number of hydrogen-bond acceptors (Lipinski definition) is 8. The molecule has 20 heavy (non-hydrogen) atoms. The van der Waals surface area contributed by atoms with Gasteiger partial charge in [0.1, 0.15) is 0 Å². The summed E-state index contributed by atoms with van der Waals surface area (Å²) in [6.45, 7) is 6.35. The Labute approximate surface area is 120 Å². The van der Waals surface area contributed by atoms with E-state index in [2.05, 4.69) is 16.1 Å². The molecular formula is C11H22N5O3P. The van der Waals surface area contributed by atoms with Gasteiger partial charge in [-0.2, -0.15) is 5.26 Å². The summed E-state index contributed by atoms with van der Waals surface area (Å²) in [6, 6.07) is 2.07. The number of ether oxygens (including phenoxy) is 2. The molecule has 1 atom stereocenters. The van der Waals surface area contributed by atoms with E-state index in [1.165, 1.54) is 0 Å². The van der Waals surface area contributed by atoms with Crippen molar-refractivity contribution in [2.45, 2.75) is 6.42 Å². The van der Waals surface area contributed by atoms with Gasteiger partial charge in [0.25, 0.3) is 0 Å². The van der Waals surface area contributed by atoms with E-state index < -0.39 is 8.45 Å². The number of hydrazine groups is 2. The van der Waals surface area contributed by atoms with Gasteiger partial charge in [-0.25, -0.2) is 10.0 Å². The lowest BCUT2D eigenvalue weighted by atomic mass is 10.5. The predicted octanol–water partition coefficient (Wildman–Crippen LogP) is -0.101. The van der Waals surface area contributed by atoms with Crippen molar-refractivity contribution < 1.29 is 14.0 Å². The summed E-state index contributed by atoms with van der Waals surface area (Å²) in [5.74, 6) is 0. The molecule has 2 aliphatic rings. The first-order valence-electron chi connectivity index (χ1n) is 6.83. The van der Waals surface area contributed by atoms with Gasteiger partial charge in [-0.3, -0.25) is 5.50 Å². The first-order chi connectivity index (χ1) is 9.83. The average molecular weight is 303 g/mol. The fraction of sp³-hybridized carbons (Fsp3) is 0.909. The lowest BCUT2D eigenvalue weighted by Gasteiger charge is -2.46. The number of nitriles is 1. The Balaban J connectivity index is 1.96. The van der Waals surface area contributed by atoms with Crippen LogP contribution in [-0.4, -0.2) is 74.1 Å². The highest BCUT2D eigenvalue weighted by Gasteiger charge is 2.31. The maximum atomic E-state index is 8.58. The van der Waals surface area contributed by atoms with Crippen LogP contribution in [0.25, 0.3) is 0 Å². The predicted molar refractivity (Wildman–Crippen MR) is 73.9 cm³/mol. The quantitative estimate of drug-likeness (QED) is 0.537. The Morgan fingerprint density at radius 2 is 1.60 bits per heavy atom. The van der Waals surface area contributed by atoms with E-state index in [0.717, 1.165) is 26.2 Å². The SMILES string of the molecule is N#CCCOP(N)N(N1CCOCC1)N1CCOCC1. The molecule has 2 fully saturated rings. The Bertz CT molecular complexity index is 300.